The van der Waals surface area contributed by atoms with Crippen LogP contribution in [0.3, 0.4) is 0 Å². The predicted molar refractivity (Wildman–Crippen MR) is 43.1 cm³/mol. The van der Waals surface area contributed by atoms with E-state index in [2.05, 4.69) is 9.96 Å². The third-order valence-electron chi connectivity index (χ3n) is 1.26. The van der Waals surface area contributed by atoms with Gasteiger partial charge >= 0.3 is 5.97 Å². The maximum absolute atomic E-state index is 10.7. The van der Waals surface area contributed by atoms with Gasteiger partial charge in [-0.1, -0.05) is 0 Å². The number of rotatable bonds is 6. The summed E-state index contributed by atoms with van der Waals surface area (Å²) in [6.07, 6.45) is 0.581. The van der Waals surface area contributed by atoms with Gasteiger partial charge in [-0.15, -0.1) is 0 Å². The molecule has 1 atom stereocenters. The van der Waals surface area contributed by atoms with Crippen LogP contribution in [0, 0.1) is 0 Å². The first kappa shape index (κ1) is 11.1. The number of hydrogen-bond acceptors (Lipinski definition) is 5. The van der Waals surface area contributed by atoms with E-state index < -0.39 is 12.0 Å². The van der Waals surface area contributed by atoms with E-state index in [0.717, 1.165) is 7.41 Å². The number of ether oxygens (including phenoxy) is 1. The summed E-state index contributed by atoms with van der Waals surface area (Å²) >= 11 is 0. The maximum Gasteiger partial charge on any atom is 0.307 e. The van der Waals surface area contributed by atoms with E-state index in [1.165, 1.54) is 7.11 Å². The van der Waals surface area contributed by atoms with Crippen molar-refractivity contribution in [3.63, 3.8) is 0 Å². The zero-order valence-electron chi connectivity index (χ0n) is 6.82. The topological polar surface area (TPSA) is 75.6 Å². The summed E-state index contributed by atoms with van der Waals surface area (Å²) in [6.45, 7) is -0.223. The van der Waals surface area contributed by atoms with Crippen LogP contribution in [0.4, 0.5) is 0 Å². The van der Waals surface area contributed by atoms with E-state index in [4.69, 9.17) is 5.11 Å². The number of carbonyl (C=O) groups excluding carboxylic acids is 2. The van der Waals surface area contributed by atoms with E-state index in [0.29, 0.717) is 6.19 Å². The first-order valence-corrected chi connectivity index (χ1v) is 3.45. The van der Waals surface area contributed by atoms with E-state index in [9.17, 15) is 9.59 Å². The Kier molecular flexibility index (Phi) is 6.31. The molecule has 0 amide bonds. The highest BCUT2D eigenvalue weighted by Gasteiger charge is 2.11. The number of hydrogen-bond donors (Lipinski definition) is 2. The Morgan fingerprint density at radius 3 is 2.92 bits per heavy atom. The highest BCUT2D eigenvalue weighted by molar-refractivity contribution is 6.64. The van der Waals surface area contributed by atoms with Gasteiger partial charge in [0.15, 0.2) is 0 Å². The Morgan fingerprint density at radius 1 is 1.83 bits per heavy atom. The Labute approximate surface area is 71.4 Å². The molecule has 0 aromatic rings. The zero-order valence-corrected chi connectivity index (χ0v) is 6.82. The van der Waals surface area contributed by atoms with Crippen LogP contribution in [0.15, 0.2) is 0 Å². The van der Waals surface area contributed by atoms with Gasteiger partial charge in [0.25, 0.3) is 7.41 Å². The molecule has 0 unspecified atom stereocenters. The quantitative estimate of drug-likeness (QED) is 0.284. The van der Waals surface area contributed by atoms with E-state index in [1.54, 1.807) is 0 Å². The summed E-state index contributed by atoms with van der Waals surface area (Å²) in [5, 5.41) is 11.2. The standard InChI is InChI=1S/C6H11BNO4/c1-12-6(11)2-5(3-9)8-7-4-10/h4-5,8-9H,2-3H2,1H3/t5-/m1/s1. The highest BCUT2D eigenvalue weighted by Crippen LogP contribution is 1.91. The molecular formula is C6H11BNO4. The summed E-state index contributed by atoms with van der Waals surface area (Å²) in [7, 11) is 2.39. The van der Waals surface area contributed by atoms with Gasteiger partial charge in [0.2, 0.25) is 0 Å². The van der Waals surface area contributed by atoms with Crippen LogP contribution in [-0.4, -0.2) is 44.4 Å². The molecular weight excluding hydrogens is 161 g/mol. The lowest BCUT2D eigenvalue weighted by Gasteiger charge is -2.11. The molecule has 67 valence electrons. The molecule has 0 spiro atoms. The molecule has 0 aromatic carbocycles. The summed E-state index contributed by atoms with van der Waals surface area (Å²) in [6, 6.07) is -0.456. The predicted octanol–water partition coefficient (Wildman–Crippen LogP) is -1.69. The largest absolute Gasteiger partial charge is 0.469 e. The van der Waals surface area contributed by atoms with Crippen molar-refractivity contribution in [1.29, 1.82) is 0 Å². The van der Waals surface area contributed by atoms with Crippen molar-refractivity contribution in [1.82, 2.24) is 5.23 Å². The van der Waals surface area contributed by atoms with Crippen molar-refractivity contribution in [3.8, 4) is 0 Å². The van der Waals surface area contributed by atoms with Gasteiger partial charge in [0, 0.05) is 6.04 Å². The molecule has 2 N–H and O–H groups in total. The molecule has 0 saturated carbocycles. The van der Waals surface area contributed by atoms with Gasteiger partial charge in [-0.05, 0) is 0 Å². The van der Waals surface area contributed by atoms with Crippen molar-refractivity contribution in [2.75, 3.05) is 13.7 Å². The fourth-order valence-corrected chi connectivity index (χ4v) is 0.636. The molecule has 12 heavy (non-hydrogen) atoms. The number of carbonyl (C=O) groups is 2. The minimum Gasteiger partial charge on any atom is -0.469 e. The van der Waals surface area contributed by atoms with Crippen molar-refractivity contribution in [3.05, 3.63) is 0 Å². The molecule has 5 nitrogen and oxygen atoms in total. The molecule has 0 fully saturated rings. The lowest BCUT2D eigenvalue weighted by molar-refractivity contribution is -0.141. The SMILES string of the molecule is COC(=O)C[C@H](CO)N[B]C=O. The maximum atomic E-state index is 10.7. The van der Waals surface area contributed by atoms with E-state index in [-0.39, 0.29) is 13.0 Å². The smallest absolute Gasteiger partial charge is 0.307 e. The van der Waals surface area contributed by atoms with Crippen LogP contribution >= 0.6 is 0 Å². The van der Waals surface area contributed by atoms with Gasteiger partial charge in [-0.2, -0.15) is 0 Å². The Morgan fingerprint density at radius 2 is 2.50 bits per heavy atom. The van der Waals surface area contributed by atoms with Crippen LogP contribution in [0.25, 0.3) is 0 Å². The lowest BCUT2D eigenvalue weighted by Crippen LogP contribution is -2.38. The van der Waals surface area contributed by atoms with Gasteiger partial charge in [-0.25, -0.2) is 0 Å². The number of aliphatic hydroxyl groups excluding tert-OH is 1. The molecule has 0 bridgehead atoms. The normalized spacial score (nSPS) is 11.8. The summed E-state index contributed by atoms with van der Waals surface area (Å²) in [5.41, 5.74) is 0. The van der Waals surface area contributed by atoms with Crippen LogP contribution in [0.2, 0.25) is 0 Å². The summed E-state index contributed by atoms with van der Waals surface area (Å²) < 4.78 is 4.37. The number of methoxy groups -OCH3 is 1. The van der Waals surface area contributed by atoms with Crippen LogP contribution in [-0.2, 0) is 14.3 Å². The van der Waals surface area contributed by atoms with Crippen molar-refractivity contribution in [2.45, 2.75) is 12.5 Å². The number of esters is 1. The second-order valence-corrected chi connectivity index (χ2v) is 2.13. The van der Waals surface area contributed by atoms with Crippen molar-refractivity contribution in [2.24, 2.45) is 0 Å². The monoisotopic (exact) mass is 172 g/mol. The zero-order chi connectivity index (χ0) is 9.40. The second-order valence-electron chi connectivity index (χ2n) is 2.13. The van der Waals surface area contributed by atoms with Gasteiger partial charge in [0.05, 0.1) is 26.3 Å². The van der Waals surface area contributed by atoms with Gasteiger partial charge in [-0.3, -0.25) is 4.79 Å². The molecule has 0 aliphatic rings. The fourth-order valence-electron chi connectivity index (χ4n) is 0.636. The molecule has 0 aliphatic carbocycles. The van der Waals surface area contributed by atoms with Gasteiger partial charge < -0.3 is 19.9 Å². The minimum absolute atomic E-state index is 0.0390. The first-order valence-electron chi connectivity index (χ1n) is 3.45. The fraction of sp³-hybridized carbons (Fsp3) is 0.667. The van der Waals surface area contributed by atoms with E-state index in [1.807, 2.05) is 0 Å². The Hall–Kier alpha value is -0.875. The lowest BCUT2D eigenvalue weighted by atomic mass is 9.96. The van der Waals surface area contributed by atoms with Crippen LogP contribution in [0.5, 0.6) is 0 Å². The number of aliphatic hydroxyl groups is 1. The third kappa shape index (κ3) is 4.87. The number of nitrogens with one attached hydrogen (secondary N) is 1. The molecule has 0 aromatic heterocycles. The van der Waals surface area contributed by atoms with Crippen molar-refractivity contribution >= 4 is 19.6 Å². The molecule has 1 radical (unpaired) electrons. The molecule has 6 heteroatoms. The third-order valence-corrected chi connectivity index (χ3v) is 1.26. The minimum atomic E-state index is -0.456. The molecule has 0 heterocycles. The average molecular weight is 172 g/mol. The second kappa shape index (κ2) is 6.81. The van der Waals surface area contributed by atoms with Crippen molar-refractivity contribution < 1.29 is 19.4 Å². The first-order chi connectivity index (χ1) is 5.74. The van der Waals surface area contributed by atoms with E-state index >= 15 is 0 Å². The Bertz CT molecular complexity index is 152. The summed E-state index contributed by atoms with van der Waals surface area (Å²) in [5.74, 6) is -0.430. The molecule has 0 saturated heterocycles. The molecule has 0 rings (SSSR count). The highest BCUT2D eigenvalue weighted by atomic mass is 16.5. The van der Waals surface area contributed by atoms with Crippen LogP contribution < -0.4 is 5.23 Å². The van der Waals surface area contributed by atoms with Crippen LogP contribution in [0.1, 0.15) is 6.42 Å². The average Bonchev–Trinajstić information content (AvgIpc) is 2.11. The summed E-state index contributed by atoms with van der Waals surface area (Å²) in [4.78, 5) is 20.5. The molecule has 0 aliphatic heterocycles. The Balaban J connectivity index is 3.66. The van der Waals surface area contributed by atoms with Gasteiger partial charge in [0.1, 0.15) is 0 Å².